The summed E-state index contributed by atoms with van der Waals surface area (Å²) >= 11 is 0. The normalized spacial score (nSPS) is 22.7. The zero-order valence-corrected chi connectivity index (χ0v) is 11.4. The molecular formula is C15H21NO3. The number of phenols is 1. The van der Waals surface area contributed by atoms with Crippen LogP contribution < -0.4 is 9.47 Å². The van der Waals surface area contributed by atoms with Crippen molar-refractivity contribution in [1.29, 1.82) is 0 Å². The quantitative estimate of drug-likeness (QED) is 0.910. The summed E-state index contributed by atoms with van der Waals surface area (Å²) in [7, 11) is 0. The number of nitrogens with zero attached hydrogens (tertiary/aromatic N) is 1. The van der Waals surface area contributed by atoms with Crippen molar-refractivity contribution in [3.63, 3.8) is 0 Å². The van der Waals surface area contributed by atoms with Gasteiger partial charge in [-0.15, -0.1) is 0 Å². The van der Waals surface area contributed by atoms with Crippen molar-refractivity contribution in [3.8, 4) is 17.2 Å². The van der Waals surface area contributed by atoms with Gasteiger partial charge in [0.1, 0.15) is 5.75 Å². The van der Waals surface area contributed by atoms with Crippen LogP contribution in [0.25, 0.3) is 0 Å². The Morgan fingerprint density at radius 2 is 2.05 bits per heavy atom. The van der Waals surface area contributed by atoms with Crippen LogP contribution >= 0.6 is 0 Å². The summed E-state index contributed by atoms with van der Waals surface area (Å²) in [5.74, 6) is 1.70. The van der Waals surface area contributed by atoms with Crippen molar-refractivity contribution in [2.45, 2.75) is 45.2 Å². The number of phenolic OH excluding ortho intramolecular Hbond substituents is 1. The van der Waals surface area contributed by atoms with Crippen LogP contribution in [0, 0.1) is 0 Å². The van der Waals surface area contributed by atoms with Gasteiger partial charge in [0.25, 0.3) is 0 Å². The lowest BCUT2D eigenvalue weighted by molar-refractivity contribution is 0.135. The second kappa shape index (κ2) is 5.29. The maximum atomic E-state index is 10.1. The van der Waals surface area contributed by atoms with Crippen LogP contribution in [0.15, 0.2) is 12.1 Å². The number of piperidine rings is 1. The molecule has 4 heteroatoms. The molecule has 19 heavy (non-hydrogen) atoms. The molecule has 0 unspecified atom stereocenters. The second-order valence-electron chi connectivity index (χ2n) is 5.36. The summed E-state index contributed by atoms with van der Waals surface area (Å²) in [5, 5.41) is 10.1. The zero-order valence-electron chi connectivity index (χ0n) is 11.4. The van der Waals surface area contributed by atoms with Crippen LogP contribution in [0.2, 0.25) is 0 Å². The number of hydrogen-bond acceptors (Lipinski definition) is 4. The first kappa shape index (κ1) is 12.6. The number of benzene rings is 1. The smallest absolute Gasteiger partial charge is 0.231 e. The third-order valence-corrected chi connectivity index (χ3v) is 4.17. The van der Waals surface area contributed by atoms with E-state index in [4.69, 9.17) is 9.47 Å². The lowest BCUT2D eigenvalue weighted by atomic mass is 9.99. The van der Waals surface area contributed by atoms with Crippen LogP contribution in [-0.4, -0.2) is 29.4 Å². The molecule has 104 valence electrons. The summed E-state index contributed by atoms with van der Waals surface area (Å²) in [6.07, 6.45) is 5.01. The lowest BCUT2D eigenvalue weighted by Crippen LogP contribution is -2.38. The molecule has 3 rings (SSSR count). The van der Waals surface area contributed by atoms with Crippen LogP contribution in [0.3, 0.4) is 0 Å². The predicted octanol–water partition coefficient (Wildman–Crippen LogP) is 2.89. The van der Waals surface area contributed by atoms with E-state index in [1.807, 2.05) is 6.07 Å². The van der Waals surface area contributed by atoms with Crippen molar-refractivity contribution in [1.82, 2.24) is 4.90 Å². The maximum Gasteiger partial charge on any atom is 0.231 e. The van der Waals surface area contributed by atoms with Gasteiger partial charge in [0.05, 0.1) is 0 Å². The molecule has 0 radical (unpaired) electrons. The van der Waals surface area contributed by atoms with Gasteiger partial charge in [0, 0.05) is 24.2 Å². The zero-order chi connectivity index (χ0) is 13.2. The molecule has 1 N–H and O–H groups in total. The molecule has 2 aliphatic heterocycles. The fourth-order valence-electron chi connectivity index (χ4n) is 3.05. The number of hydrogen-bond donors (Lipinski definition) is 1. The molecule has 1 atom stereocenters. The fraction of sp³-hybridized carbons (Fsp3) is 0.600. The lowest BCUT2D eigenvalue weighted by Gasteiger charge is -2.35. The summed E-state index contributed by atoms with van der Waals surface area (Å²) in [4.78, 5) is 2.47. The van der Waals surface area contributed by atoms with E-state index in [0.717, 1.165) is 24.4 Å². The first-order valence-electron chi connectivity index (χ1n) is 7.13. The van der Waals surface area contributed by atoms with E-state index >= 15 is 0 Å². The van der Waals surface area contributed by atoms with Crippen molar-refractivity contribution in [2.24, 2.45) is 0 Å². The number of fused-ring (bicyclic) bond motifs is 1. The number of ether oxygens (including phenoxy) is 2. The van der Waals surface area contributed by atoms with E-state index < -0.39 is 0 Å². The summed E-state index contributed by atoms with van der Waals surface area (Å²) < 4.78 is 10.7. The Bertz CT molecular complexity index is 461. The fourth-order valence-corrected chi connectivity index (χ4v) is 3.05. The van der Waals surface area contributed by atoms with Gasteiger partial charge in [0.15, 0.2) is 11.5 Å². The van der Waals surface area contributed by atoms with Crippen LogP contribution in [-0.2, 0) is 6.54 Å². The van der Waals surface area contributed by atoms with Crippen LogP contribution in [0.1, 0.15) is 38.2 Å². The Morgan fingerprint density at radius 1 is 1.26 bits per heavy atom. The molecule has 1 aromatic carbocycles. The van der Waals surface area contributed by atoms with Gasteiger partial charge < -0.3 is 14.6 Å². The minimum absolute atomic E-state index is 0.250. The van der Waals surface area contributed by atoms with Crippen LogP contribution in [0.4, 0.5) is 0 Å². The maximum absolute atomic E-state index is 10.1. The van der Waals surface area contributed by atoms with Crippen LogP contribution in [0.5, 0.6) is 17.2 Å². The Labute approximate surface area is 113 Å². The monoisotopic (exact) mass is 263 g/mol. The third kappa shape index (κ3) is 2.50. The SMILES string of the molecule is CC[C@H]1CCCCN1Cc1cc2c(cc1O)OCO2. The highest BCUT2D eigenvalue weighted by molar-refractivity contribution is 5.51. The molecule has 2 heterocycles. The minimum Gasteiger partial charge on any atom is -0.507 e. The van der Waals surface area contributed by atoms with E-state index in [-0.39, 0.29) is 6.79 Å². The average Bonchev–Trinajstić information content (AvgIpc) is 2.87. The van der Waals surface area contributed by atoms with Gasteiger partial charge in [0.2, 0.25) is 6.79 Å². The number of likely N-dealkylation sites (tertiary alicyclic amines) is 1. The highest BCUT2D eigenvalue weighted by Crippen LogP contribution is 2.38. The molecule has 0 saturated carbocycles. The molecule has 0 aromatic heterocycles. The topological polar surface area (TPSA) is 41.9 Å². The Kier molecular flexibility index (Phi) is 3.51. The number of aromatic hydroxyl groups is 1. The first-order valence-corrected chi connectivity index (χ1v) is 7.13. The van der Waals surface area contributed by atoms with E-state index in [1.165, 1.54) is 25.7 Å². The first-order chi connectivity index (χ1) is 9.28. The van der Waals surface area contributed by atoms with E-state index in [0.29, 0.717) is 17.5 Å². The molecule has 4 nitrogen and oxygen atoms in total. The Hall–Kier alpha value is -1.42. The summed E-state index contributed by atoms with van der Waals surface area (Å²) in [5.41, 5.74) is 0.935. The standard InChI is InChI=1S/C15H21NO3/c1-2-12-5-3-4-6-16(12)9-11-7-14-15(8-13(11)17)19-10-18-14/h7-8,12,17H,2-6,9-10H2,1H3/t12-/m0/s1. The van der Waals surface area contributed by atoms with Crippen molar-refractivity contribution < 1.29 is 14.6 Å². The largest absolute Gasteiger partial charge is 0.507 e. The van der Waals surface area contributed by atoms with Gasteiger partial charge in [-0.25, -0.2) is 0 Å². The molecule has 0 aliphatic carbocycles. The number of rotatable bonds is 3. The van der Waals surface area contributed by atoms with Crippen molar-refractivity contribution >= 4 is 0 Å². The van der Waals surface area contributed by atoms with Gasteiger partial charge in [-0.1, -0.05) is 13.3 Å². The van der Waals surface area contributed by atoms with E-state index in [1.54, 1.807) is 6.07 Å². The molecule has 1 fully saturated rings. The van der Waals surface area contributed by atoms with Gasteiger partial charge in [-0.3, -0.25) is 4.90 Å². The molecule has 1 saturated heterocycles. The van der Waals surface area contributed by atoms with Crippen molar-refractivity contribution in [2.75, 3.05) is 13.3 Å². The van der Waals surface area contributed by atoms with E-state index in [9.17, 15) is 5.11 Å². The Balaban J connectivity index is 1.78. The van der Waals surface area contributed by atoms with Gasteiger partial charge >= 0.3 is 0 Å². The molecule has 1 aromatic rings. The molecule has 2 aliphatic rings. The third-order valence-electron chi connectivity index (χ3n) is 4.17. The van der Waals surface area contributed by atoms with Gasteiger partial charge in [-0.05, 0) is 31.9 Å². The van der Waals surface area contributed by atoms with E-state index in [2.05, 4.69) is 11.8 Å². The predicted molar refractivity (Wildman–Crippen MR) is 72.6 cm³/mol. The highest BCUT2D eigenvalue weighted by Gasteiger charge is 2.23. The van der Waals surface area contributed by atoms with Crippen molar-refractivity contribution in [3.05, 3.63) is 17.7 Å². The highest BCUT2D eigenvalue weighted by atomic mass is 16.7. The Morgan fingerprint density at radius 3 is 2.84 bits per heavy atom. The van der Waals surface area contributed by atoms with Gasteiger partial charge in [-0.2, -0.15) is 0 Å². The molecule has 0 bridgehead atoms. The minimum atomic E-state index is 0.250. The summed E-state index contributed by atoms with van der Waals surface area (Å²) in [6, 6.07) is 4.22. The molecule has 0 amide bonds. The average molecular weight is 263 g/mol. The molecule has 0 spiro atoms. The summed E-state index contributed by atoms with van der Waals surface area (Å²) in [6.45, 7) is 4.40. The molecular weight excluding hydrogens is 242 g/mol. The second-order valence-corrected chi connectivity index (χ2v) is 5.36.